The Kier molecular flexibility index (Phi) is 5.19. The lowest BCUT2D eigenvalue weighted by Crippen LogP contribution is -2.23. The Labute approximate surface area is 102 Å². The highest BCUT2D eigenvalue weighted by Crippen LogP contribution is 2.39. The van der Waals surface area contributed by atoms with E-state index in [1.807, 2.05) is 0 Å². The molecule has 0 heterocycles. The van der Waals surface area contributed by atoms with E-state index >= 15 is 0 Å². The van der Waals surface area contributed by atoms with Crippen LogP contribution < -0.4 is 0 Å². The number of fused-ring (bicyclic) bond motifs is 1. The van der Waals surface area contributed by atoms with Crippen molar-refractivity contribution >= 4 is 0 Å². The summed E-state index contributed by atoms with van der Waals surface area (Å²) in [6, 6.07) is 0. The Morgan fingerprint density at radius 1 is 0.562 bits per heavy atom. The molecular formula is C16H30. The van der Waals surface area contributed by atoms with Crippen molar-refractivity contribution in [3.63, 3.8) is 0 Å². The van der Waals surface area contributed by atoms with E-state index in [0.29, 0.717) is 0 Å². The van der Waals surface area contributed by atoms with Crippen LogP contribution in [0.1, 0.15) is 84.0 Å². The smallest absolute Gasteiger partial charge is 0.0383 e. The van der Waals surface area contributed by atoms with Crippen LogP contribution in [0.15, 0.2) is 0 Å². The summed E-state index contributed by atoms with van der Waals surface area (Å²) in [4.78, 5) is 0. The molecule has 3 atom stereocenters. The number of hydrogen-bond donors (Lipinski definition) is 0. The predicted molar refractivity (Wildman–Crippen MR) is 71.5 cm³/mol. The normalized spacial score (nSPS) is 38.4. The zero-order chi connectivity index (χ0) is 11.2. The topological polar surface area (TPSA) is 0 Å². The molecule has 2 fully saturated rings. The van der Waals surface area contributed by atoms with Crippen molar-refractivity contribution in [2.45, 2.75) is 84.0 Å². The van der Waals surface area contributed by atoms with E-state index in [2.05, 4.69) is 6.92 Å². The van der Waals surface area contributed by atoms with Crippen LogP contribution in [-0.4, -0.2) is 0 Å². The highest BCUT2D eigenvalue weighted by molar-refractivity contribution is 4.79. The minimum Gasteiger partial charge on any atom is -0.0625 e. The SMILES string of the molecule is CC1CCC2CCCCCCCCC[C@@H]2C1. The maximum atomic E-state index is 2.47. The fourth-order valence-corrected chi connectivity index (χ4v) is 3.99. The molecule has 0 spiro atoms. The Hall–Kier alpha value is 0. The molecule has 0 aromatic carbocycles. The standard InChI is InChI=1S/C16H30/c1-14-11-12-15-9-7-5-3-2-4-6-8-10-16(15)13-14/h14-16H,2-13H2,1H3/t14?,15?,16-/m1/s1. The molecule has 16 heavy (non-hydrogen) atoms. The summed E-state index contributed by atoms with van der Waals surface area (Å²) in [5, 5.41) is 0. The molecule has 2 saturated carbocycles. The second-order valence-corrected chi connectivity index (χ2v) is 6.49. The van der Waals surface area contributed by atoms with E-state index in [4.69, 9.17) is 0 Å². The molecule has 0 aromatic rings. The summed E-state index contributed by atoms with van der Waals surface area (Å²) < 4.78 is 0. The van der Waals surface area contributed by atoms with Gasteiger partial charge in [-0.15, -0.1) is 0 Å². The molecule has 0 amide bonds. The van der Waals surface area contributed by atoms with Crippen LogP contribution in [0.2, 0.25) is 0 Å². The monoisotopic (exact) mass is 222 g/mol. The van der Waals surface area contributed by atoms with Gasteiger partial charge in [-0.05, 0) is 30.6 Å². The lowest BCUT2D eigenvalue weighted by Gasteiger charge is -2.35. The minimum atomic E-state index is 1.02. The van der Waals surface area contributed by atoms with Crippen LogP contribution in [0.25, 0.3) is 0 Å². The van der Waals surface area contributed by atoms with Gasteiger partial charge in [0.25, 0.3) is 0 Å². The largest absolute Gasteiger partial charge is 0.0625 e. The van der Waals surface area contributed by atoms with Crippen LogP contribution in [0.5, 0.6) is 0 Å². The second-order valence-electron chi connectivity index (χ2n) is 6.49. The molecule has 0 heteroatoms. The molecular weight excluding hydrogens is 192 g/mol. The summed E-state index contributed by atoms with van der Waals surface area (Å²) in [5.74, 6) is 3.22. The van der Waals surface area contributed by atoms with Gasteiger partial charge < -0.3 is 0 Å². The first kappa shape index (κ1) is 12.5. The first-order chi connectivity index (χ1) is 7.86. The van der Waals surface area contributed by atoms with Gasteiger partial charge >= 0.3 is 0 Å². The third-order valence-electron chi connectivity index (χ3n) is 5.05. The molecule has 0 saturated heterocycles. The summed E-state index contributed by atoms with van der Waals surface area (Å²) in [6.45, 7) is 2.47. The van der Waals surface area contributed by atoms with Gasteiger partial charge in [-0.1, -0.05) is 71.1 Å². The van der Waals surface area contributed by atoms with Crippen LogP contribution in [0, 0.1) is 17.8 Å². The third kappa shape index (κ3) is 3.79. The average Bonchev–Trinajstić information content (AvgIpc) is 2.33. The molecule has 0 aliphatic heterocycles. The van der Waals surface area contributed by atoms with Gasteiger partial charge in [0.15, 0.2) is 0 Å². The Bertz CT molecular complexity index is 184. The highest BCUT2D eigenvalue weighted by Gasteiger charge is 2.27. The van der Waals surface area contributed by atoms with Gasteiger partial charge in [0, 0.05) is 0 Å². The summed E-state index contributed by atoms with van der Waals surface area (Å²) in [6.07, 6.45) is 18.3. The Morgan fingerprint density at radius 2 is 1.12 bits per heavy atom. The molecule has 0 radical (unpaired) electrons. The minimum absolute atomic E-state index is 1.02. The Balaban J connectivity index is 1.86. The van der Waals surface area contributed by atoms with Gasteiger partial charge in [-0.2, -0.15) is 0 Å². The van der Waals surface area contributed by atoms with Crippen molar-refractivity contribution in [3.05, 3.63) is 0 Å². The van der Waals surface area contributed by atoms with Crippen molar-refractivity contribution in [2.24, 2.45) is 17.8 Å². The van der Waals surface area contributed by atoms with E-state index in [1.165, 1.54) is 51.4 Å². The van der Waals surface area contributed by atoms with Gasteiger partial charge in [0.1, 0.15) is 0 Å². The van der Waals surface area contributed by atoms with E-state index in [1.54, 1.807) is 25.7 Å². The summed E-state index contributed by atoms with van der Waals surface area (Å²) in [5.41, 5.74) is 0. The van der Waals surface area contributed by atoms with Crippen LogP contribution in [-0.2, 0) is 0 Å². The van der Waals surface area contributed by atoms with Crippen LogP contribution in [0.4, 0.5) is 0 Å². The van der Waals surface area contributed by atoms with Crippen molar-refractivity contribution < 1.29 is 0 Å². The molecule has 2 aliphatic rings. The fourth-order valence-electron chi connectivity index (χ4n) is 3.99. The van der Waals surface area contributed by atoms with Crippen LogP contribution >= 0.6 is 0 Å². The van der Waals surface area contributed by atoms with Crippen molar-refractivity contribution in [1.82, 2.24) is 0 Å². The first-order valence-electron chi connectivity index (χ1n) is 7.86. The van der Waals surface area contributed by atoms with E-state index in [-0.39, 0.29) is 0 Å². The van der Waals surface area contributed by atoms with Crippen LogP contribution in [0.3, 0.4) is 0 Å². The quantitative estimate of drug-likeness (QED) is 0.503. The fraction of sp³-hybridized carbons (Fsp3) is 1.00. The van der Waals surface area contributed by atoms with Crippen molar-refractivity contribution in [1.29, 1.82) is 0 Å². The molecule has 0 bridgehead atoms. The zero-order valence-corrected chi connectivity index (χ0v) is 11.2. The molecule has 94 valence electrons. The van der Waals surface area contributed by atoms with Gasteiger partial charge in [0.2, 0.25) is 0 Å². The molecule has 0 N–H and O–H groups in total. The maximum Gasteiger partial charge on any atom is -0.0383 e. The second kappa shape index (κ2) is 6.67. The highest BCUT2D eigenvalue weighted by atomic mass is 14.3. The molecule has 0 aromatic heterocycles. The van der Waals surface area contributed by atoms with E-state index in [9.17, 15) is 0 Å². The van der Waals surface area contributed by atoms with E-state index in [0.717, 1.165) is 17.8 Å². The first-order valence-corrected chi connectivity index (χ1v) is 7.86. The molecule has 2 unspecified atom stereocenters. The summed E-state index contributed by atoms with van der Waals surface area (Å²) in [7, 11) is 0. The third-order valence-corrected chi connectivity index (χ3v) is 5.05. The number of rotatable bonds is 0. The summed E-state index contributed by atoms with van der Waals surface area (Å²) >= 11 is 0. The van der Waals surface area contributed by atoms with Crippen molar-refractivity contribution in [3.8, 4) is 0 Å². The maximum absolute atomic E-state index is 2.47. The van der Waals surface area contributed by atoms with Gasteiger partial charge in [0.05, 0.1) is 0 Å². The zero-order valence-electron chi connectivity index (χ0n) is 11.2. The lowest BCUT2D eigenvalue weighted by molar-refractivity contribution is 0.164. The van der Waals surface area contributed by atoms with Gasteiger partial charge in [-0.3, -0.25) is 0 Å². The Morgan fingerprint density at radius 3 is 1.81 bits per heavy atom. The van der Waals surface area contributed by atoms with E-state index < -0.39 is 0 Å². The van der Waals surface area contributed by atoms with Gasteiger partial charge in [-0.25, -0.2) is 0 Å². The number of hydrogen-bond acceptors (Lipinski definition) is 0. The molecule has 2 aliphatic carbocycles. The molecule has 2 rings (SSSR count). The lowest BCUT2D eigenvalue weighted by atomic mass is 9.71. The average molecular weight is 222 g/mol. The molecule has 0 nitrogen and oxygen atoms in total. The van der Waals surface area contributed by atoms with Crippen molar-refractivity contribution in [2.75, 3.05) is 0 Å². The predicted octanol–water partition coefficient (Wildman–Crippen LogP) is 5.56.